The second kappa shape index (κ2) is 36.5. The van der Waals surface area contributed by atoms with Gasteiger partial charge in [-0.3, -0.25) is 0 Å². The molecule has 0 bridgehead atoms. The van der Waals surface area contributed by atoms with Crippen molar-refractivity contribution < 1.29 is 56.5 Å². The summed E-state index contributed by atoms with van der Waals surface area (Å²) in [6.07, 6.45) is 0. The minimum absolute atomic E-state index is 0. The Bertz CT molecular complexity index is 11.6. The van der Waals surface area contributed by atoms with Crippen LogP contribution in [0, 0.1) is 0 Å². The third-order valence-electron chi connectivity index (χ3n) is 0. The van der Waals surface area contributed by atoms with Gasteiger partial charge in [0, 0.05) is 64.0 Å². The molecular formula is H3BCuFeNbSi. The van der Waals surface area contributed by atoms with Gasteiger partial charge in [0.15, 0.2) is 0 Å². The fraction of sp³-hybridized carbons (Fsp3) is 0. The van der Waals surface area contributed by atoms with E-state index in [1.807, 2.05) is 0 Å². The Hall–Kier alpha value is 2.06. The Morgan fingerprint density at radius 2 is 1.20 bits per heavy atom. The first-order chi connectivity index (χ1) is 1.00. The van der Waals surface area contributed by atoms with Crippen molar-refractivity contribution in [2.45, 2.75) is 0 Å². The molecule has 0 heterocycles. The van der Waals surface area contributed by atoms with Crippen LogP contribution >= 0.6 is 0 Å². The van der Waals surface area contributed by atoms with Crippen LogP contribution in [0.4, 0.5) is 0 Å². The number of rotatable bonds is 0. The molecule has 0 amide bonds. The zero-order chi connectivity index (χ0) is 2.00. The fourth-order valence-corrected chi connectivity index (χ4v) is 0. The summed E-state index contributed by atoms with van der Waals surface area (Å²) in [4.78, 5) is 0. The molecule has 5 heavy (non-hydrogen) atoms. The molecule has 0 aliphatic heterocycles. The van der Waals surface area contributed by atoms with Crippen molar-refractivity contribution in [1.82, 2.24) is 0 Å². The van der Waals surface area contributed by atoms with E-state index in [1.165, 1.54) is 0 Å². The van der Waals surface area contributed by atoms with Crippen LogP contribution < -0.4 is 0 Å². The predicted octanol–water partition coefficient (Wildman–Crippen LogP) is -1.57. The van der Waals surface area contributed by atoms with Crippen LogP contribution in [0.1, 0.15) is 0 Å². The first-order valence-corrected chi connectivity index (χ1v) is 1.73. The van der Waals surface area contributed by atoms with E-state index >= 15 is 0 Å². The second-order valence-electron chi connectivity index (χ2n) is 0. The van der Waals surface area contributed by atoms with Gasteiger partial charge in [-0.1, -0.05) is 0 Å². The smallest absolute Gasteiger partial charge is 0.0388 e. The van der Waals surface area contributed by atoms with E-state index in [0.717, 1.165) is 10.1 Å². The maximum Gasteiger partial charge on any atom is 0.0434 e. The molecule has 0 aromatic carbocycles. The van der Waals surface area contributed by atoms with Gasteiger partial charge in [0.25, 0.3) is 0 Å². The van der Waals surface area contributed by atoms with Gasteiger partial charge in [-0.05, 0) is 10.1 Å². The van der Waals surface area contributed by atoms with E-state index in [-0.39, 0.29) is 56.5 Å². The molecule has 0 fully saturated rings. The maximum atomic E-state index is 4.64. The molecule has 0 saturated carbocycles. The standard InChI is InChI=1S/BH3Si.Cu.Fe.Nb/c1-2;;;/h2H3;;;. The summed E-state index contributed by atoms with van der Waals surface area (Å²) in [6.45, 7) is 0. The largest absolute Gasteiger partial charge is 0.0434 e. The molecule has 4 radical (unpaired) electrons. The first-order valence-electron chi connectivity index (χ1n) is 0.577. The second-order valence-corrected chi connectivity index (χ2v) is 0. The molecule has 0 nitrogen and oxygen atoms in total. The van der Waals surface area contributed by atoms with Crippen LogP contribution in [0.15, 0.2) is 0 Å². The topological polar surface area (TPSA) is 0 Å². The summed E-state index contributed by atoms with van der Waals surface area (Å²) in [7, 11) is 5.44. The monoisotopic (exact) mass is 254 g/mol. The number of hydrogen-bond donors (Lipinski definition) is 0. The average molecular weight is 254 g/mol. The molecule has 5 heteroatoms. The van der Waals surface area contributed by atoms with E-state index in [2.05, 4.69) is 7.44 Å². The van der Waals surface area contributed by atoms with Crippen LogP contribution in [0.3, 0.4) is 0 Å². The maximum absolute atomic E-state index is 4.64. The van der Waals surface area contributed by atoms with Crippen molar-refractivity contribution >= 4 is 17.6 Å². The Labute approximate surface area is 73.5 Å². The Morgan fingerprint density at radius 3 is 1.20 bits per heavy atom. The summed E-state index contributed by atoms with van der Waals surface area (Å²) in [5.41, 5.74) is 0. The molecule has 0 saturated heterocycles. The molecule has 0 aliphatic rings. The van der Waals surface area contributed by atoms with E-state index in [0.29, 0.717) is 0 Å². The van der Waals surface area contributed by atoms with Crippen molar-refractivity contribution in [3.8, 4) is 0 Å². The molecule has 0 N–H and O–H groups in total. The quantitative estimate of drug-likeness (QED) is 0.458. The van der Waals surface area contributed by atoms with Gasteiger partial charge < -0.3 is 0 Å². The normalized spacial score (nSPS) is 1.60. The summed E-state index contributed by atoms with van der Waals surface area (Å²) >= 11 is 0. The van der Waals surface area contributed by atoms with Gasteiger partial charge in [0.1, 0.15) is 0 Å². The third kappa shape index (κ3) is 23.5. The molecule has 0 rings (SSSR count). The third-order valence-corrected chi connectivity index (χ3v) is 0. The van der Waals surface area contributed by atoms with Gasteiger partial charge in [0.2, 0.25) is 0 Å². The van der Waals surface area contributed by atoms with E-state index in [9.17, 15) is 0 Å². The summed E-state index contributed by atoms with van der Waals surface area (Å²) in [5, 5.41) is 0. The van der Waals surface area contributed by atoms with Gasteiger partial charge >= 0.3 is 0 Å². The van der Waals surface area contributed by atoms with Gasteiger partial charge in [-0.15, -0.1) is 0 Å². The van der Waals surface area contributed by atoms with Crippen LogP contribution in [-0.4, -0.2) is 17.6 Å². The zero-order valence-corrected chi connectivity index (χ0v) is 8.92. The number of hydrogen-bond acceptors (Lipinski definition) is 0. The van der Waals surface area contributed by atoms with Crippen molar-refractivity contribution in [2.24, 2.45) is 0 Å². The Morgan fingerprint density at radius 1 is 1.20 bits per heavy atom. The summed E-state index contributed by atoms with van der Waals surface area (Å²) < 4.78 is 0. The molecule has 0 aromatic heterocycles. The van der Waals surface area contributed by atoms with Crippen LogP contribution in [0.25, 0.3) is 0 Å². The van der Waals surface area contributed by atoms with Gasteiger partial charge in [-0.2, -0.15) is 0 Å². The average Bonchev–Trinajstić information content (AvgIpc) is 1.00. The van der Waals surface area contributed by atoms with Crippen LogP contribution in [0.2, 0.25) is 0 Å². The molecule has 0 aromatic rings. The van der Waals surface area contributed by atoms with Crippen molar-refractivity contribution in [3.05, 3.63) is 0 Å². The fourth-order valence-electron chi connectivity index (χ4n) is 0. The summed E-state index contributed by atoms with van der Waals surface area (Å²) in [6, 6.07) is 0. The first kappa shape index (κ1) is 27.7. The van der Waals surface area contributed by atoms with Crippen molar-refractivity contribution in [2.75, 3.05) is 0 Å². The minimum atomic E-state index is 0. The van der Waals surface area contributed by atoms with Gasteiger partial charge in [0.05, 0.1) is 0 Å². The SMILES string of the molecule is [B][SiH3].[Cu].[Fe].[Nb]. The minimum Gasteiger partial charge on any atom is -0.0388 e. The molecule has 0 unspecified atom stereocenters. The molecule has 0 spiro atoms. The molecule has 0 atom stereocenters. The van der Waals surface area contributed by atoms with Crippen molar-refractivity contribution in [3.63, 3.8) is 0 Å². The Balaban J connectivity index is -0.00000000167. The van der Waals surface area contributed by atoms with E-state index in [1.54, 1.807) is 0 Å². The van der Waals surface area contributed by atoms with E-state index < -0.39 is 0 Å². The predicted molar refractivity (Wildman–Crippen MR) is 15.7 cm³/mol. The van der Waals surface area contributed by atoms with Crippen LogP contribution in [0.5, 0.6) is 0 Å². The zero-order valence-electron chi connectivity index (χ0n) is 2.68. The van der Waals surface area contributed by atoms with Crippen LogP contribution in [-0.2, 0) is 56.5 Å². The van der Waals surface area contributed by atoms with Gasteiger partial charge in [-0.25, -0.2) is 0 Å². The Kier molecular flexibility index (Phi) is 202. The van der Waals surface area contributed by atoms with Crippen molar-refractivity contribution in [1.29, 1.82) is 0 Å². The molecular weight excluding hydrogens is 251 g/mol. The van der Waals surface area contributed by atoms with E-state index in [4.69, 9.17) is 0 Å². The molecule has 0 aliphatic carbocycles. The summed E-state index contributed by atoms with van der Waals surface area (Å²) in [5.74, 6) is 0. The molecule has 34 valence electrons.